The molecule has 0 saturated heterocycles. The number of amides is 1. The van der Waals surface area contributed by atoms with Gasteiger partial charge in [0.25, 0.3) is 5.69 Å². The van der Waals surface area contributed by atoms with Crippen molar-refractivity contribution >= 4 is 23.7 Å². The van der Waals surface area contributed by atoms with Crippen molar-refractivity contribution < 1.29 is 14.5 Å². The average Bonchev–Trinajstić information content (AvgIpc) is 2.39. The first-order valence-electron chi connectivity index (χ1n) is 7.52. The Bertz CT molecular complexity index is 616. The van der Waals surface area contributed by atoms with Gasteiger partial charge >= 0.3 is 6.09 Å². The average molecular weight is 319 g/mol. The lowest BCUT2D eigenvalue weighted by molar-refractivity contribution is -0.384. The van der Waals surface area contributed by atoms with Gasteiger partial charge in [-0.1, -0.05) is 12.1 Å². The summed E-state index contributed by atoms with van der Waals surface area (Å²) in [7, 11) is 0. The molecule has 1 N–H and O–H groups in total. The topological polar surface area (TPSA) is 93.8 Å². The molecule has 0 aromatic heterocycles. The van der Waals surface area contributed by atoms with E-state index in [2.05, 4.69) is 10.3 Å². The van der Waals surface area contributed by atoms with E-state index in [1.54, 1.807) is 45.2 Å². The molecule has 23 heavy (non-hydrogen) atoms. The monoisotopic (exact) mass is 319 g/mol. The molecule has 124 valence electrons. The van der Waals surface area contributed by atoms with Crippen molar-refractivity contribution in [3.63, 3.8) is 0 Å². The fourth-order valence-electron chi connectivity index (χ4n) is 2.33. The minimum atomic E-state index is -0.590. The molecule has 2 rings (SSSR count). The maximum atomic E-state index is 11.5. The first-order chi connectivity index (χ1) is 10.7. The van der Waals surface area contributed by atoms with E-state index in [0.717, 1.165) is 12.8 Å². The summed E-state index contributed by atoms with van der Waals surface area (Å²) in [6.45, 7) is 5.36. The largest absolute Gasteiger partial charge is 0.442 e. The minimum Gasteiger partial charge on any atom is -0.442 e. The van der Waals surface area contributed by atoms with Gasteiger partial charge in [0.15, 0.2) is 0 Å². The van der Waals surface area contributed by atoms with Gasteiger partial charge in [0.1, 0.15) is 11.3 Å². The van der Waals surface area contributed by atoms with Gasteiger partial charge in [0, 0.05) is 18.3 Å². The van der Waals surface area contributed by atoms with Crippen molar-refractivity contribution in [3.8, 4) is 0 Å². The maximum Gasteiger partial charge on any atom is 0.433 e. The first kappa shape index (κ1) is 16.9. The summed E-state index contributed by atoms with van der Waals surface area (Å²) in [5.74, 6) is 0.183. The predicted octanol–water partition coefficient (Wildman–Crippen LogP) is 3.79. The molecular formula is C16H21N3O4. The molecule has 1 saturated carbocycles. The zero-order chi connectivity index (χ0) is 17.0. The number of benzene rings is 1. The lowest BCUT2D eigenvalue weighted by Crippen LogP contribution is -2.36. The second kappa shape index (κ2) is 6.76. The Kier molecular flexibility index (Phi) is 4.98. The van der Waals surface area contributed by atoms with E-state index < -0.39 is 16.6 Å². The van der Waals surface area contributed by atoms with Crippen molar-refractivity contribution in [1.29, 1.82) is 0 Å². The number of hydrogen-bond acceptors (Lipinski definition) is 5. The highest BCUT2D eigenvalue weighted by atomic mass is 16.6. The summed E-state index contributed by atoms with van der Waals surface area (Å²) in [5.41, 5.74) is 0.0353. The molecule has 0 spiro atoms. The van der Waals surface area contributed by atoms with Crippen molar-refractivity contribution in [3.05, 3.63) is 34.4 Å². The van der Waals surface area contributed by atoms with Crippen LogP contribution in [0.25, 0.3) is 0 Å². The number of para-hydroxylation sites is 2. The number of nitro benzene ring substituents is 1. The Morgan fingerprint density at radius 3 is 2.65 bits per heavy atom. The molecule has 1 amide bonds. The highest BCUT2D eigenvalue weighted by Crippen LogP contribution is 2.32. The molecule has 0 heterocycles. The number of anilines is 1. The van der Waals surface area contributed by atoms with Crippen LogP contribution in [-0.2, 0) is 4.74 Å². The van der Waals surface area contributed by atoms with Crippen LogP contribution in [0.15, 0.2) is 29.3 Å². The van der Waals surface area contributed by atoms with E-state index in [9.17, 15) is 14.9 Å². The van der Waals surface area contributed by atoms with Gasteiger partial charge in [-0.25, -0.2) is 4.79 Å². The summed E-state index contributed by atoms with van der Waals surface area (Å²) in [5, 5.41) is 14.1. The first-order valence-corrected chi connectivity index (χ1v) is 7.52. The zero-order valence-corrected chi connectivity index (χ0v) is 13.5. The molecule has 0 atom stereocenters. The fourth-order valence-corrected chi connectivity index (χ4v) is 2.33. The number of hydrogen-bond donors (Lipinski definition) is 1. The van der Waals surface area contributed by atoms with E-state index in [1.165, 1.54) is 6.07 Å². The standard InChI is InChI=1S/C16H21N3O4/c1-16(2,3)23-15(20)17-10-11-8-12(9-11)18-13-6-4-5-7-14(13)19(21)22/h4-7,10-12,18H,8-9H2,1-3H3. The normalized spacial score (nSPS) is 20.8. The highest BCUT2D eigenvalue weighted by Gasteiger charge is 2.29. The summed E-state index contributed by atoms with van der Waals surface area (Å²) in [6.07, 6.45) is 2.56. The predicted molar refractivity (Wildman–Crippen MR) is 88.0 cm³/mol. The van der Waals surface area contributed by atoms with Crippen LogP contribution in [0.2, 0.25) is 0 Å². The van der Waals surface area contributed by atoms with E-state index >= 15 is 0 Å². The molecule has 1 aromatic carbocycles. The second-order valence-corrected chi connectivity index (χ2v) is 6.61. The third-order valence-corrected chi connectivity index (χ3v) is 3.42. The third kappa shape index (κ3) is 5.05. The van der Waals surface area contributed by atoms with Crippen LogP contribution < -0.4 is 5.32 Å². The number of aliphatic imine (C=N–C) groups is 1. The van der Waals surface area contributed by atoms with Crippen molar-refractivity contribution in [2.24, 2.45) is 10.9 Å². The zero-order valence-electron chi connectivity index (χ0n) is 13.5. The van der Waals surface area contributed by atoms with Crippen molar-refractivity contribution in [2.75, 3.05) is 5.32 Å². The van der Waals surface area contributed by atoms with Gasteiger partial charge in [-0.05, 0) is 45.6 Å². The molecular weight excluding hydrogens is 298 g/mol. The number of rotatable bonds is 4. The van der Waals surface area contributed by atoms with Crippen LogP contribution in [0.1, 0.15) is 33.6 Å². The SMILES string of the molecule is CC(C)(C)OC(=O)N=CC1CC(Nc2ccccc2[N+](=O)[O-])C1. The number of nitrogens with zero attached hydrogens (tertiary/aromatic N) is 2. The number of carbonyl (C=O) groups excluding carboxylic acids is 1. The highest BCUT2D eigenvalue weighted by molar-refractivity contribution is 5.81. The molecule has 0 aliphatic heterocycles. The molecule has 0 bridgehead atoms. The summed E-state index contributed by atoms with van der Waals surface area (Å²) < 4.78 is 5.09. The smallest absolute Gasteiger partial charge is 0.433 e. The molecule has 1 aliphatic carbocycles. The van der Waals surface area contributed by atoms with Crippen LogP contribution in [0, 0.1) is 16.0 Å². The van der Waals surface area contributed by atoms with Crippen LogP contribution >= 0.6 is 0 Å². The summed E-state index contributed by atoms with van der Waals surface area (Å²) >= 11 is 0. The van der Waals surface area contributed by atoms with E-state index in [1.807, 2.05) is 0 Å². The summed E-state index contributed by atoms with van der Waals surface area (Å²) in [6, 6.07) is 6.71. The molecule has 1 fully saturated rings. The Morgan fingerprint density at radius 1 is 1.39 bits per heavy atom. The Balaban J connectivity index is 1.82. The van der Waals surface area contributed by atoms with Gasteiger partial charge in [0.2, 0.25) is 0 Å². The Hall–Kier alpha value is -2.44. The van der Waals surface area contributed by atoms with Gasteiger partial charge in [-0.3, -0.25) is 10.1 Å². The van der Waals surface area contributed by atoms with Crippen LogP contribution in [-0.4, -0.2) is 28.9 Å². The van der Waals surface area contributed by atoms with E-state index in [0.29, 0.717) is 5.69 Å². The van der Waals surface area contributed by atoms with Crippen LogP contribution in [0.3, 0.4) is 0 Å². The van der Waals surface area contributed by atoms with Gasteiger partial charge < -0.3 is 10.1 Å². The third-order valence-electron chi connectivity index (χ3n) is 3.42. The molecule has 7 heteroatoms. The molecule has 0 radical (unpaired) electrons. The molecule has 0 unspecified atom stereocenters. The lowest BCUT2D eigenvalue weighted by atomic mass is 9.81. The number of carbonyl (C=O) groups is 1. The number of nitro groups is 1. The number of ether oxygens (including phenoxy) is 1. The molecule has 1 aliphatic rings. The van der Waals surface area contributed by atoms with E-state index in [4.69, 9.17) is 4.74 Å². The maximum absolute atomic E-state index is 11.5. The van der Waals surface area contributed by atoms with Gasteiger partial charge in [-0.15, -0.1) is 0 Å². The van der Waals surface area contributed by atoms with E-state index in [-0.39, 0.29) is 17.6 Å². The van der Waals surface area contributed by atoms with Crippen molar-refractivity contribution in [2.45, 2.75) is 45.3 Å². The molecule has 1 aromatic rings. The second-order valence-electron chi connectivity index (χ2n) is 6.61. The quantitative estimate of drug-likeness (QED) is 0.517. The fraction of sp³-hybridized carbons (Fsp3) is 0.500. The minimum absolute atomic E-state index is 0.0679. The van der Waals surface area contributed by atoms with Crippen molar-refractivity contribution in [1.82, 2.24) is 0 Å². The van der Waals surface area contributed by atoms with Crippen LogP contribution in [0.4, 0.5) is 16.2 Å². The van der Waals surface area contributed by atoms with Crippen LogP contribution in [0.5, 0.6) is 0 Å². The number of nitrogens with one attached hydrogen (secondary N) is 1. The molecule has 7 nitrogen and oxygen atoms in total. The lowest BCUT2D eigenvalue weighted by Gasteiger charge is -2.33. The Morgan fingerprint density at radius 2 is 2.04 bits per heavy atom. The summed E-state index contributed by atoms with van der Waals surface area (Å²) in [4.78, 5) is 25.8. The Labute approximate surface area is 134 Å². The van der Waals surface area contributed by atoms with Gasteiger partial charge in [-0.2, -0.15) is 4.99 Å². The van der Waals surface area contributed by atoms with Gasteiger partial charge in [0.05, 0.1) is 4.92 Å².